The van der Waals surface area contributed by atoms with Gasteiger partial charge in [0.25, 0.3) is 0 Å². The van der Waals surface area contributed by atoms with Crippen molar-refractivity contribution < 1.29 is 24.2 Å². The third-order valence-electron chi connectivity index (χ3n) is 2.65. The molecule has 0 aliphatic rings. The molecule has 0 fully saturated rings. The number of rotatable bonds is 6. The SMILES string of the molecule is CCOC(=O)c1c(NC(=O)/C=C/C(=O)[O-])sc(C)c1CC. The van der Waals surface area contributed by atoms with Gasteiger partial charge in [-0.25, -0.2) is 4.79 Å². The lowest BCUT2D eigenvalue weighted by Crippen LogP contribution is -2.20. The van der Waals surface area contributed by atoms with Crippen LogP contribution in [0.25, 0.3) is 0 Å². The van der Waals surface area contributed by atoms with E-state index in [-0.39, 0.29) is 6.61 Å². The average molecular weight is 310 g/mol. The van der Waals surface area contributed by atoms with Crippen LogP contribution in [0.15, 0.2) is 12.2 Å². The molecule has 0 bridgehead atoms. The van der Waals surface area contributed by atoms with E-state index in [0.29, 0.717) is 23.1 Å². The summed E-state index contributed by atoms with van der Waals surface area (Å²) in [5, 5.41) is 13.1. The number of carboxylic acid groups (broad SMARTS) is 1. The predicted molar refractivity (Wildman–Crippen MR) is 77.2 cm³/mol. The normalized spacial score (nSPS) is 10.6. The molecule has 0 aliphatic heterocycles. The van der Waals surface area contributed by atoms with Gasteiger partial charge in [0.15, 0.2) is 0 Å². The fourth-order valence-corrected chi connectivity index (χ4v) is 2.94. The van der Waals surface area contributed by atoms with Gasteiger partial charge in [-0.1, -0.05) is 6.92 Å². The van der Waals surface area contributed by atoms with Gasteiger partial charge in [-0.15, -0.1) is 11.3 Å². The Labute approximate surface area is 126 Å². The number of thiophene rings is 1. The number of hydrogen-bond acceptors (Lipinski definition) is 6. The average Bonchev–Trinajstić information content (AvgIpc) is 2.72. The summed E-state index contributed by atoms with van der Waals surface area (Å²) in [5.74, 6) is -2.61. The summed E-state index contributed by atoms with van der Waals surface area (Å²) in [6.45, 7) is 5.68. The first kappa shape index (κ1) is 16.9. The number of hydrogen-bond donors (Lipinski definition) is 1. The highest BCUT2D eigenvalue weighted by molar-refractivity contribution is 7.16. The van der Waals surface area contributed by atoms with Gasteiger partial charge < -0.3 is 20.0 Å². The molecule has 0 spiro atoms. The Morgan fingerprint density at radius 1 is 1.29 bits per heavy atom. The van der Waals surface area contributed by atoms with Crippen molar-refractivity contribution in [3.05, 3.63) is 28.2 Å². The number of esters is 1. The number of aryl methyl sites for hydroxylation is 1. The van der Waals surface area contributed by atoms with E-state index in [1.807, 2.05) is 13.8 Å². The van der Waals surface area contributed by atoms with Crippen molar-refractivity contribution >= 4 is 34.2 Å². The summed E-state index contributed by atoms with van der Waals surface area (Å²) >= 11 is 1.25. The maximum absolute atomic E-state index is 12.0. The number of carboxylic acids is 1. The number of carbonyl (C=O) groups excluding carboxylic acids is 3. The first-order valence-electron chi connectivity index (χ1n) is 6.40. The van der Waals surface area contributed by atoms with Crippen molar-refractivity contribution in [2.75, 3.05) is 11.9 Å². The molecule has 1 N–H and O–H groups in total. The van der Waals surface area contributed by atoms with Crippen LogP contribution in [0.4, 0.5) is 5.00 Å². The lowest BCUT2D eigenvalue weighted by atomic mass is 10.1. The van der Waals surface area contributed by atoms with Crippen molar-refractivity contribution in [3.63, 3.8) is 0 Å². The molecule has 0 unspecified atom stereocenters. The molecule has 114 valence electrons. The molecule has 1 amide bonds. The van der Waals surface area contributed by atoms with E-state index < -0.39 is 17.8 Å². The lowest BCUT2D eigenvalue weighted by molar-refractivity contribution is -0.297. The van der Waals surface area contributed by atoms with Gasteiger partial charge in [-0.05, 0) is 31.9 Å². The van der Waals surface area contributed by atoms with E-state index in [9.17, 15) is 19.5 Å². The Hall–Kier alpha value is -2.15. The molecule has 1 heterocycles. The molecule has 0 radical (unpaired) electrons. The van der Waals surface area contributed by atoms with Crippen LogP contribution in [0.3, 0.4) is 0 Å². The Kier molecular flexibility index (Phi) is 6.10. The summed E-state index contributed by atoms with van der Waals surface area (Å²) in [5.41, 5.74) is 1.15. The zero-order chi connectivity index (χ0) is 16.0. The Morgan fingerprint density at radius 3 is 2.48 bits per heavy atom. The number of anilines is 1. The second-order valence-electron chi connectivity index (χ2n) is 4.06. The molecule has 0 atom stereocenters. The summed E-state index contributed by atoms with van der Waals surface area (Å²) < 4.78 is 5.00. The Balaban J connectivity index is 3.09. The van der Waals surface area contributed by atoms with Gasteiger partial charge in [0, 0.05) is 11.0 Å². The zero-order valence-electron chi connectivity index (χ0n) is 12.0. The minimum absolute atomic E-state index is 0.231. The second kappa shape index (κ2) is 7.58. The number of ether oxygens (including phenoxy) is 1. The van der Waals surface area contributed by atoms with Crippen LogP contribution in [0.1, 0.15) is 34.6 Å². The number of carbonyl (C=O) groups is 3. The van der Waals surface area contributed by atoms with E-state index in [2.05, 4.69) is 5.32 Å². The summed E-state index contributed by atoms with van der Waals surface area (Å²) in [4.78, 5) is 34.8. The number of nitrogens with one attached hydrogen (secondary N) is 1. The van der Waals surface area contributed by atoms with E-state index >= 15 is 0 Å². The van der Waals surface area contributed by atoms with Crippen molar-refractivity contribution in [2.24, 2.45) is 0 Å². The smallest absolute Gasteiger partial charge is 0.341 e. The van der Waals surface area contributed by atoms with Crippen LogP contribution in [-0.4, -0.2) is 24.5 Å². The summed E-state index contributed by atoms with van der Waals surface area (Å²) in [6.07, 6.45) is 2.09. The molecule has 1 rings (SSSR count). The minimum atomic E-state index is -1.47. The summed E-state index contributed by atoms with van der Waals surface area (Å²) in [7, 11) is 0. The first-order valence-corrected chi connectivity index (χ1v) is 7.21. The van der Waals surface area contributed by atoms with Crippen molar-refractivity contribution in [2.45, 2.75) is 27.2 Å². The van der Waals surface area contributed by atoms with E-state index in [0.717, 1.165) is 16.5 Å². The van der Waals surface area contributed by atoms with Crippen LogP contribution in [-0.2, 0) is 20.7 Å². The second-order valence-corrected chi connectivity index (χ2v) is 5.28. The summed E-state index contributed by atoms with van der Waals surface area (Å²) in [6, 6.07) is 0. The molecular formula is C14H16NO5S-. The monoisotopic (exact) mass is 310 g/mol. The highest BCUT2D eigenvalue weighted by atomic mass is 32.1. The fraction of sp³-hybridized carbons (Fsp3) is 0.357. The maximum Gasteiger partial charge on any atom is 0.341 e. The lowest BCUT2D eigenvalue weighted by Gasteiger charge is -2.06. The number of aliphatic carboxylic acids is 1. The Morgan fingerprint density at radius 2 is 1.95 bits per heavy atom. The van der Waals surface area contributed by atoms with Crippen LogP contribution in [0.5, 0.6) is 0 Å². The largest absolute Gasteiger partial charge is 0.545 e. The van der Waals surface area contributed by atoms with Gasteiger partial charge in [-0.2, -0.15) is 0 Å². The van der Waals surface area contributed by atoms with Gasteiger partial charge in [0.1, 0.15) is 5.00 Å². The molecular weight excluding hydrogens is 294 g/mol. The Bertz CT molecular complexity index is 588. The van der Waals surface area contributed by atoms with Gasteiger partial charge in [0.2, 0.25) is 5.91 Å². The van der Waals surface area contributed by atoms with Gasteiger partial charge >= 0.3 is 5.97 Å². The van der Waals surface area contributed by atoms with Crippen molar-refractivity contribution in [3.8, 4) is 0 Å². The quantitative estimate of drug-likeness (QED) is 0.625. The topological polar surface area (TPSA) is 95.5 Å². The fourth-order valence-electron chi connectivity index (χ4n) is 1.81. The molecule has 1 aromatic rings. The van der Waals surface area contributed by atoms with E-state index in [1.165, 1.54) is 11.3 Å². The molecule has 6 nitrogen and oxygen atoms in total. The number of amides is 1. The van der Waals surface area contributed by atoms with Crippen LogP contribution < -0.4 is 10.4 Å². The van der Waals surface area contributed by atoms with Crippen LogP contribution >= 0.6 is 11.3 Å². The van der Waals surface area contributed by atoms with Gasteiger partial charge in [0.05, 0.1) is 18.1 Å². The molecule has 0 saturated heterocycles. The minimum Gasteiger partial charge on any atom is -0.545 e. The van der Waals surface area contributed by atoms with E-state index in [4.69, 9.17) is 4.74 Å². The highest BCUT2D eigenvalue weighted by Gasteiger charge is 2.22. The van der Waals surface area contributed by atoms with Crippen LogP contribution in [0.2, 0.25) is 0 Å². The third-order valence-corrected chi connectivity index (χ3v) is 3.71. The standard InChI is InChI=1S/C14H17NO5S/c1-4-9-8(3)21-13(12(9)14(19)20-5-2)15-10(16)6-7-11(17)18/h6-7H,4-5H2,1-3H3,(H,15,16)(H,17,18)/p-1/b7-6+. The first-order chi connectivity index (χ1) is 9.90. The predicted octanol–water partition coefficient (Wildman–Crippen LogP) is 1.04. The molecule has 0 saturated carbocycles. The van der Waals surface area contributed by atoms with Crippen molar-refractivity contribution in [1.29, 1.82) is 0 Å². The third kappa shape index (κ3) is 4.42. The zero-order valence-corrected chi connectivity index (χ0v) is 12.8. The molecule has 0 aliphatic carbocycles. The molecule has 7 heteroatoms. The maximum atomic E-state index is 12.0. The van der Waals surface area contributed by atoms with Crippen molar-refractivity contribution in [1.82, 2.24) is 0 Å². The molecule has 0 aromatic carbocycles. The highest BCUT2D eigenvalue weighted by Crippen LogP contribution is 2.34. The van der Waals surface area contributed by atoms with Gasteiger partial charge in [-0.3, -0.25) is 4.79 Å². The molecule has 21 heavy (non-hydrogen) atoms. The van der Waals surface area contributed by atoms with Crippen LogP contribution in [0, 0.1) is 6.92 Å². The van der Waals surface area contributed by atoms with E-state index in [1.54, 1.807) is 6.92 Å². The molecule has 1 aromatic heterocycles.